The van der Waals surface area contributed by atoms with Crippen molar-refractivity contribution in [3.8, 4) is 0 Å². The molecule has 3 N–H and O–H groups in total. The molecule has 10 heteroatoms. The van der Waals surface area contributed by atoms with Crippen LogP contribution in [-0.4, -0.2) is 32.4 Å². The van der Waals surface area contributed by atoms with Gasteiger partial charge >= 0.3 is 10.2 Å². The summed E-state index contributed by atoms with van der Waals surface area (Å²) in [5.41, 5.74) is 1.41. The van der Waals surface area contributed by atoms with E-state index in [1.54, 1.807) is 12.3 Å². The minimum atomic E-state index is -3.82. The van der Waals surface area contributed by atoms with E-state index in [0.717, 1.165) is 24.4 Å². The van der Waals surface area contributed by atoms with Gasteiger partial charge in [-0.1, -0.05) is 37.3 Å². The summed E-state index contributed by atoms with van der Waals surface area (Å²) in [4.78, 5) is 16.0. The third-order valence-corrected chi connectivity index (χ3v) is 5.26. The Morgan fingerprint density at radius 3 is 2.65 bits per heavy atom. The molecule has 1 aromatic heterocycles. The first-order valence-electron chi connectivity index (χ1n) is 8.01. The summed E-state index contributed by atoms with van der Waals surface area (Å²) in [5.74, 6) is -0.729. The minimum Gasteiger partial charge on any atom is -0.310 e. The van der Waals surface area contributed by atoms with E-state index in [9.17, 15) is 13.2 Å². The molecule has 0 atom stereocenters. The fraction of sp³-hybridized carbons (Fsp3) is 0.375. The molecule has 26 heavy (non-hydrogen) atoms. The van der Waals surface area contributed by atoms with Crippen molar-refractivity contribution in [2.75, 3.05) is 13.1 Å². The van der Waals surface area contributed by atoms with Crippen LogP contribution in [0.5, 0.6) is 0 Å². The lowest BCUT2D eigenvalue weighted by atomic mass is 10.1. The molecule has 0 unspecified atom stereocenters. The van der Waals surface area contributed by atoms with Crippen LogP contribution in [0.25, 0.3) is 0 Å². The lowest BCUT2D eigenvalue weighted by Gasteiger charge is -2.04. The van der Waals surface area contributed by atoms with Crippen molar-refractivity contribution in [1.82, 2.24) is 19.7 Å². The van der Waals surface area contributed by atoms with E-state index in [-0.39, 0.29) is 24.6 Å². The van der Waals surface area contributed by atoms with Crippen LogP contribution < -0.4 is 14.8 Å². The fourth-order valence-electron chi connectivity index (χ4n) is 2.15. The maximum atomic E-state index is 11.9. The highest BCUT2D eigenvalue weighted by molar-refractivity contribution is 7.88. The van der Waals surface area contributed by atoms with Crippen molar-refractivity contribution >= 4 is 39.9 Å². The van der Waals surface area contributed by atoms with Gasteiger partial charge < -0.3 is 5.32 Å². The lowest BCUT2D eigenvalue weighted by Crippen LogP contribution is -2.40. The monoisotopic (exact) mass is 418 g/mol. The molecule has 2 aromatic rings. The molecule has 1 aromatic carbocycles. The van der Waals surface area contributed by atoms with Crippen LogP contribution >= 0.6 is 23.7 Å². The van der Waals surface area contributed by atoms with Crippen molar-refractivity contribution in [2.24, 2.45) is 0 Å². The molecular weight excluding hydrogens is 396 g/mol. The Kier molecular flexibility index (Phi) is 9.74. The highest BCUT2D eigenvalue weighted by Crippen LogP contribution is 2.10. The molecule has 0 saturated heterocycles. The van der Waals surface area contributed by atoms with E-state index >= 15 is 0 Å². The van der Waals surface area contributed by atoms with Crippen LogP contribution in [0.2, 0.25) is 0 Å². The summed E-state index contributed by atoms with van der Waals surface area (Å²) < 4.78 is 27.1. The Bertz CT molecular complexity index is 782. The third kappa shape index (κ3) is 7.79. The number of rotatable bonds is 10. The summed E-state index contributed by atoms with van der Waals surface area (Å²) in [6.45, 7) is 3.23. The average Bonchev–Trinajstić information content (AvgIpc) is 3.04. The van der Waals surface area contributed by atoms with E-state index in [0.29, 0.717) is 6.54 Å². The second-order valence-corrected chi connectivity index (χ2v) is 7.77. The molecule has 1 heterocycles. The zero-order valence-electron chi connectivity index (χ0n) is 14.4. The number of amides is 1. The van der Waals surface area contributed by atoms with Gasteiger partial charge in [0.1, 0.15) is 10.7 Å². The van der Waals surface area contributed by atoms with E-state index in [4.69, 9.17) is 0 Å². The zero-order chi connectivity index (χ0) is 18.1. The molecule has 1 amide bonds. The first-order chi connectivity index (χ1) is 12.0. The van der Waals surface area contributed by atoms with E-state index < -0.39 is 16.1 Å². The number of nitrogens with one attached hydrogen (secondary N) is 3. The van der Waals surface area contributed by atoms with Crippen molar-refractivity contribution < 1.29 is 13.2 Å². The average molecular weight is 419 g/mol. The minimum absolute atomic E-state index is 0. The smallest absolute Gasteiger partial charge is 0.301 e. The summed E-state index contributed by atoms with van der Waals surface area (Å²) >= 11 is 1.32. The molecule has 0 aliphatic heterocycles. The number of nitrogens with zero attached hydrogens (tertiary/aromatic N) is 1. The SMILES string of the molecule is CCNS(=O)(=O)NC(=O)c1csc(CNCCCc2ccccc2)n1.Cl. The summed E-state index contributed by atoms with van der Waals surface area (Å²) in [7, 11) is -3.82. The van der Waals surface area contributed by atoms with Crippen LogP contribution in [0.15, 0.2) is 35.7 Å². The molecule has 0 aliphatic rings. The molecule has 7 nitrogen and oxygen atoms in total. The van der Waals surface area contributed by atoms with Gasteiger partial charge in [0.2, 0.25) is 0 Å². The van der Waals surface area contributed by atoms with Crippen LogP contribution in [-0.2, 0) is 23.2 Å². The third-order valence-electron chi connectivity index (χ3n) is 3.28. The topological polar surface area (TPSA) is 100 Å². The molecule has 0 radical (unpaired) electrons. The normalized spacial score (nSPS) is 11.0. The molecule has 0 fully saturated rings. The van der Waals surface area contributed by atoms with Crippen molar-refractivity contribution in [3.63, 3.8) is 0 Å². The van der Waals surface area contributed by atoms with Gasteiger partial charge in [-0.2, -0.15) is 13.1 Å². The Morgan fingerprint density at radius 2 is 1.96 bits per heavy atom. The van der Waals surface area contributed by atoms with Gasteiger partial charge in [0.15, 0.2) is 0 Å². The number of hydrogen-bond acceptors (Lipinski definition) is 6. The van der Waals surface area contributed by atoms with Gasteiger partial charge in [0, 0.05) is 18.5 Å². The number of halogens is 1. The Morgan fingerprint density at radius 1 is 1.23 bits per heavy atom. The van der Waals surface area contributed by atoms with Gasteiger partial charge in [0.25, 0.3) is 5.91 Å². The highest BCUT2D eigenvalue weighted by atomic mass is 35.5. The van der Waals surface area contributed by atoms with Gasteiger partial charge in [-0.05, 0) is 24.9 Å². The van der Waals surface area contributed by atoms with Crippen LogP contribution in [0.3, 0.4) is 0 Å². The summed E-state index contributed by atoms with van der Waals surface area (Å²) in [6, 6.07) is 10.3. The molecule has 144 valence electrons. The largest absolute Gasteiger partial charge is 0.310 e. The second kappa shape index (κ2) is 11.2. The number of aryl methyl sites for hydroxylation is 1. The van der Waals surface area contributed by atoms with E-state index in [1.165, 1.54) is 16.9 Å². The van der Waals surface area contributed by atoms with Crippen molar-refractivity contribution in [1.29, 1.82) is 0 Å². The van der Waals surface area contributed by atoms with Crippen LogP contribution in [0, 0.1) is 0 Å². The Labute approximate surface area is 164 Å². The number of carbonyl (C=O) groups excluding carboxylic acids is 1. The first kappa shape index (κ1) is 22.5. The molecule has 0 bridgehead atoms. The molecule has 0 spiro atoms. The number of aromatic nitrogens is 1. The number of carbonyl (C=O) groups is 1. The maximum absolute atomic E-state index is 11.9. The maximum Gasteiger partial charge on any atom is 0.301 e. The lowest BCUT2D eigenvalue weighted by molar-refractivity contribution is 0.0976. The number of benzene rings is 1. The standard InChI is InChI=1S/C16H22N4O3S2.ClH/c1-2-18-25(22,23)20-16(21)14-12-24-15(19-14)11-17-10-6-9-13-7-4-3-5-8-13;/h3-5,7-8,12,17-18H,2,6,9-11H2,1H3,(H,20,21);1H. The predicted octanol–water partition coefficient (Wildman–Crippen LogP) is 1.87. The highest BCUT2D eigenvalue weighted by Gasteiger charge is 2.17. The van der Waals surface area contributed by atoms with Gasteiger partial charge in [-0.15, -0.1) is 23.7 Å². The van der Waals surface area contributed by atoms with E-state index in [1.807, 2.05) is 22.9 Å². The van der Waals surface area contributed by atoms with Crippen LogP contribution in [0.1, 0.15) is 34.4 Å². The fourth-order valence-corrected chi connectivity index (χ4v) is 3.70. The molecular formula is C16H23ClN4O3S2. The molecule has 0 aliphatic carbocycles. The van der Waals surface area contributed by atoms with Gasteiger partial charge in [-0.25, -0.2) is 9.71 Å². The van der Waals surface area contributed by atoms with Gasteiger partial charge in [-0.3, -0.25) is 4.79 Å². The number of thiazole rings is 1. The zero-order valence-corrected chi connectivity index (χ0v) is 16.8. The molecule has 0 saturated carbocycles. The van der Waals surface area contributed by atoms with E-state index in [2.05, 4.69) is 27.2 Å². The van der Waals surface area contributed by atoms with Crippen LogP contribution in [0.4, 0.5) is 0 Å². The first-order valence-corrected chi connectivity index (χ1v) is 10.4. The van der Waals surface area contributed by atoms with Crippen molar-refractivity contribution in [2.45, 2.75) is 26.3 Å². The quantitative estimate of drug-likeness (QED) is 0.511. The Hall–Kier alpha value is -1.52. The van der Waals surface area contributed by atoms with Gasteiger partial charge in [0.05, 0.1) is 0 Å². The summed E-state index contributed by atoms with van der Waals surface area (Å²) in [5, 5.41) is 5.57. The summed E-state index contributed by atoms with van der Waals surface area (Å²) in [6.07, 6.45) is 2.01. The van der Waals surface area contributed by atoms with Crippen molar-refractivity contribution in [3.05, 3.63) is 52.0 Å². The molecule has 2 rings (SSSR count). The second-order valence-electron chi connectivity index (χ2n) is 5.32. The predicted molar refractivity (Wildman–Crippen MR) is 106 cm³/mol. The Balaban J connectivity index is 0.00000338. The number of hydrogen-bond donors (Lipinski definition) is 3.